The third-order valence-electron chi connectivity index (χ3n) is 3.01. The summed E-state index contributed by atoms with van der Waals surface area (Å²) in [5, 5.41) is 0. The smallest absolute Gasteiger partial charge is 0.255 e. The van der Waals surface area contributed by atoms with Crippen LogP contribution in [0.4, 0.5) is 0 Å². The van der Waals surface area contributed by atoms with Crippen LogP contribution in [-0.4, -0.2) is 43.1 Å². The molecule has 0 aliphatic carbocycles. The second-order valence-corrected chi connectivity index (χ2v) is 4.49. The minimum Gasteiger partial charge on any atom is -0.497 e. The first-order valence-corrected chi connectivity index (χ1v) is 6.63. The fourth-order valence-corrected chi connectivity index (χ4v) is 1.78. The first kappa shape index (κ1) is 14.8. The maximum absolute atomic E-state index is 12.1. The normalized spacial score (nSPS) is 10.0. The van der Waals surface area contributed by atoms with E-state index in [1.54, 1.807) is 43.6 Å². The highest BCUT2D eigenvalue weighted by molar-refractivity contribution is 5.93. The molecule has 110 valence electrons. The van der Waals surface area contributed by atoms with Crippen LogP contribution >= 0.6 is 0 Å². The molecule has 0 N–H and O–H groups in total. The van der Waals surface area contributed by atoms with Gasteiger partial charge in [0.1, 0.15) is 18.1 Å². The topological polar surface area (TPSA) is 51.7 Å². The summed E-state index contributed by atoms with van der Waals surface area (Å²) in [5.41, 5.74) is 0.574. The predicted octanol–water partition coefficient (Wildman–Crippen LogP) is 2.24. The maximum Gasteiger partial charge on any atom is 0.255 e. The molecule has 1 aromatic heterocycles. The highest BCUT2D eigenvalue weighted by Crippen LogP contribution is 2.16. The van der Waals surface area contributed by atoms with Crippen LogP contribution in [0, 0.1) is 0 Å². The molecule has 1 heterocycles. The molecule has 0 fully saturated rings. The molecular formula is C16H18N2O3. The quantitative estimate of drug-likeness (QED) is 0.817. The first-order valence-electron chi connectivity index (χ1n) is 6.63. The number of benzene rings is 1. The number of carbonyl (C=O) groups excluding carboxylic acids is 1. The van der Waals surface area contributed by atoms with Gasteiger partial charge in [-0.1, -0.05) is 0 Å². The maximum atomic E-state index is 12.1. The fourth-order valence-electron chi connectivity index (χ4n) is 1.78. The molecule has 1 amide bonds. The zero-order valence-corrected chi connectivity index (χ0v) is 12.2. The van der Waals surface area contributed by atoms with Crippen molar-refractivity contribution >= 4 is 5.91 Å². The third kappa shape index (κ3) is 4.21. The summed E-state index contributed by atoms with van der Waals surface area (Å²) in [6.45, 7) is 0.925. The molecule has 0 atom stereocenters. The Bertz CT molecular complexity index is 570. The van der Waals surface area contributed by atoms with Crippen LogP contribution in [0.1, 0.15) is 10.4 Å². The van der Waals surface area contributed by atoms with Gasteiger partial charge >= 0.3 is 0 Å². The molecule has 0 aliphatic heterocycles. The van der Waals surface area contributed by atoms with Crippen molar-refractivity contribution in [1.29, 1.82) is 0 Å². The average molecular weight is 286 g/mol. The third-order valence-corrected chi connectivity index (χ3v) is 3.01. The van der Waals surface area contributed by atoms with E-state index in [1.807, 2.05) is 24.3 Å². The van der Waals surface area contributed by atoms with Crippen molar-refractivity contribution in [3.05, 3.63) is 54.4 Å². The minimum absolute atomic E-state index is 0.0681. The van der Waals surface area contributed by atoms with Crippen molar-refractivity contribution in [3.8, 4) is 11.5 Å². The van der Waals surface area contributed by atoms with E-state index in [-0.39, 0.29) is 5.91 Å². The molecule has 0 aliphatic rings. The van der Waals surface area contributed by atoms with Crippen LogP contribution in [-0.2, 0) is 0 Å². The van der Waals surface area contributed by atoms with Gasteiger partial charge in [-0.3, -0.25) is 9.78 Å². The summed E-state index contributed by atoms with van der Waals surface area (Å²) in [5.74, 6) is 1.46. The Morgan fingerprint density at radius 3 is 2.52 bits per heavy atom. The van der Waals surface area contributed by atoms with Gasteiger partial charge < -0.3 is 14.4 Å². The number of amides is 1. The Kier molecular flexibility index (Phi) is 5.15. The van der Waals surface area contributed by atoms with Crippen LogP contribution in [0.25, 0.3) is 0 Å². The molecule has 2 aromatic rings. The molecule has 5 nitrogen and oxygen atoms in total. The number of ether oxygens (including phenoxy) is 2. The average Bonchev–Trinajstić information content (AvgIpc) is 2.55. The lowest BCUT2D eigenvalue weighted by Crippen LogP contribution is -2.30. The van der Waals surface area contributed by atoms with Gasteiger partial charge in [-0.25, -0.2) is 0 Å². The summed E-state index contributed by atoms with van der Waals surface area (Å²) < 4.78 is 10.7. The second kappa shape index (κ2) is 7.28. The van der Waals surface area contributed by atoms with E-state index in [4.69, 9.17) is 9.47 Å². The van der Waals surface area contributed by atoms with Crippen LogP contribution in [0.15, 0.2) is 48.8 Å². The number of rotatable bonds is 6. The Balaban J connectivity index is 1.81. The first-order chi connectivity index (χ1) is 10.2. The van der Waals surface area contributed by atoms with E-state index >= 15 is 0 Å². The van der Waals surface area contributed by atoms with Crippen LogP contribution < -0.4 is 9.47 Å². The number of hydrogen-bond acceptors (Lipinski definition) is 4. The summed E-state index contributed by atoms with van der Waals surface area (Å²) in [6, 6.07) is 10.8. The number of methoxy groups -OCH3 is 1. The molecule has 1 aromatic carbocycles. The van der Waals surface area contributed by atoms with Crippen molar-refractivity contribution in [2.45, 2.75) is 0 Å². The minimum atomic E-state index is -0.0681. The second-order valence-electron chi connectivity index (χ2n) is 4.49. The molecule has 5 heteroatoms. The van der Waals surface area contributed by atoms with Gasteiger partial charge in [0.15, 0.2) is 0 Å². The van der Waals surface area contributed by atoms with Crippen LogP contribution in [0.2, 0.25) is 0 Å². The van der Waals surface area contributed by atoms with Crippen molar-refractivity contribution in [2.24, 2.45) is 0 Å². The molecule has 0 saturated carbocycles. The van der Waals surface area contributed by atoms with Crippen molar-refractivity contribution in [1.82, 2.24) is 9.88 Å². The highest BCUT2D eigenvalue weighted by atomic mass is 16.5. The van der Waals surface area contributed by atoms with Crippen LogP contribution in [0.5, 0.6) is 11.5 Å². The molecule has 0 radical (unpaired) electrons. The Morgan fingerprint density at radius 1 is 1.19 bits per heavy atom. The summed E-state index contributed by atoms with van der Waals surface area (Å²) in [7, 11) is 3.36. The SMILES string of the molecule is COc1ccc(OCCN(C)C(=O)c2cccnc2)cc1. The Morgan fingerprint density at radius 2 is 1.90 bits per heavy atom. The molecule has 0 saturated heterocycles. The van der Waals surface area contributed by atoms with Gasteiger partial charge in [0.25, 0.3) is 5.91 Å². The fraction of sp³-hybridized carbons (Fsp3) is 0.250. The number of carbonyl (C=O) groups is 1. The van der Waals surface area contributed by atoms with E-state index in [9.17, 15) is 4.79 Å². The Hall–Kier alpha value is -2.56. The van der Waals surface area contributed by atoms with Crippen molar-refractivity contribution in [2.75, 3.05) is 27.3 Å². The molecule has 0 unspecified atom stereocenters. The molecule has 0 bridgehead atoms. The zero-order valence-electron chi connectivity index (χ0n) is 12.2. The van der Waals surface area contributed by atoms with E-state index in [1.165, 1.54) is 0 Å². The summed E-state index contributed by atoms with van der Waals surface area (Å²) in [4.78, 5) is 17.6. The van der Waals surface area contributed by atoms with Crippen molar-refractivity contribution in [3.63, 3.8) is 0 Å². The number of likely N-dealkylation sites (N-methyl/N-ethyl adjacent to an activating group) is 1. The monoisotopic (exact) mass is 286 g/mol. The van der Waals surface area contributed by atoms with E-state index in [0.717, 1.165) is 11.5 Å². The summed E-state index contributed by atoms with van der Waals surface area (Å²) >= 11 is 0. The van der Waals surface area contributed by atoms with E-state index in [0.29, 0.717) is 18.7 Å². The van der Waals surface area contributed by atoms with Crippen molar-refractivity contribution < 1.29 is 14.3 Å². The number of hydrogen-bond donors (Lipinski definition) is 0. The lowest BCUT2D eigenvalue weighted by Gasteiger charge is -2.17. The standard InChI is InChI=1S/C16H18N2O3/c1-18(16(19)13-4-3-9-17-12-13)10-11-21-15-7-5-14(20-2)6-8-15/h3-9,12H,10-11H2,1-2H3. The molecule has 21 heavy (non-hydrogen) atoms. The number of aromatic nitrogens is 1. The number of pyridine rings is 1. The van der Waals surface area contributed by atoms with Gasteiger partial charge in [-0.2, -0.15) is 0 Å². The molecule has 2 rings (SSSR count). The van der Waals surface area contributed by atoms with Gasteiger partial charge in [0.2, 0.25) is 0 Å². The largest absolute Gasteiger partial charge is 0.497 e. The lowest BCUT2D eigenvalue weighted by atomic mass is 10.2. The van der Waals surface area contributed by atoms with Gasteiger partial charge in [0.05, 0.1) is 19.2 Å². The van der Waals surface area contributed by atoms with Gasteiger partial charge in [0, 0.05) is 19.4 Å². The van der Waals surface area contributed by atoms with E-state index < -0.39 is 0 Å². The molecular weight excluding hydrogens is 268 g/mol. The van der Waals surface area contributed by atoms with E-state index in [2.05, 4.69) is 4.98 Å². The number of nitrogens with zero attached hydrogens (tertiary/aromatic N) is 2. The van der Waals surface area contributed by atoms with Crippen LogP contribution in [0.3, 0.4) is 0 Å². The zero-order chi connectivity index (χ0) is 15.1. The highest BCUT2D eigenvalue weighted by Gasteiger charge is 2.11. The lowest BCUT2D eigenvalue weighted by molar-refractivity contribution is 0.0773. The Labute approximate surface area is 124 Å². The summed E-state index contributed by atoms with van der Waals surface area (Å²) in [6.07, 6.45) is 3.20. The molecule has 0 spiro atoms. The van der Waals surface area contributed by atoms with Gasteiger partial charge in [-0.15, -0.1) is 0 Å². The predicted molar refractivity (Wildman–Crippen MR) is 79.7 cm³/mol. The van der Waals surface area contributed by atoms with Gasteiger partial charge in [-0.05, 0) is 36.4 Å².